The number of anilines is 1. The van der Waals surface area contributed by atoms with Gasteiger partial charge in [-0.3, -0.25) is 9.20 Å². The Kier molecular flexibility index (Phi) is 5.28. The van der Waals surface area contributed by atoms with Crippen LogP contribution in [0.25, 0.3) is 23.0 Å². The van der Waals surface area contributed by atoms with Gasteiger partial charge in [0.1, 0.15) is 17.3 Å². The van der Waals surface area contributed by atoms with Crippen LogP contribution in [0, 0.1) is 12.7 Å². The van der Waals surface area contributed by atoms with Crippen molar-refractivity contribution in [3.05, 3.63) is 77.0 Å². The lowest BCUT2D eigenvalue weighted by Crippen LogP contribution is -2.21. The maximum Gasteiger partial charge on any atom is 0.434 e. The summed E-state index contributed by atoms with van der Waals surface area (Å²) in [5.74, 6) is -1.33. The number of pyridine rings is 2. The van der Waals surface area contributed by atoms with Crippen LogP contribution in [0.15, 0.2) is 53.6 Å². The zero-order valence-electron chi connectivity index (χ0n) is 17.5. The summed E-state index contributed by atoms with van der Waals surface area (Å²) >= 11 is 6.20. The number of aromatic nitrogens is 6. The molecule has 0 atom stereocenters. The number of nitrogens with one attached hydrogen (secondary N) is 1. The van der Waals surface area contributed by atoms with E-state index in [2.05, 4.69) is 25.4 Å². The highest BCUT2D eigenvalue weighted by Gasteiger charge is 2.41. The van der Waals surface area contributed by atoms with Crippen molar-refractivity contribution in [2.45, 2.75) is 13.1 Å². The summed E-state index contributed by atoms with van der Waals surface area (Å²) in [7, 11) is 0. The van der Waals surface area contributed by atoms with Crippen LogP contribution in [0.2, 0.25) is 5.02 Å². The van der Waals surface area contributed by atoms with Gasteiger partial charge < -0.3 is 9.73 Å². The first-order chi connectivity index (χ1) is 16.6. The second-order valence-corrected chi connectivity index (χ2v) is 7.67. The molecule has 0 saturated heterocycles. The fourth-order valence-electron chi connectivity index (χ4n) is 3.43. The molecule has 1 N–H and O–H groups in total. The number of rotatable bonds is 4. The van der Waals surface area contributed by atoms with Crippen molar-refractivity contribution in [3.63, 3.8) is 0 Å². The fraction of sp³-hybridized carbons (Fsp3) is 0.0952. The molecule has 1 amide bonds. The monoisotopic (exact) mass is 505 g/mol. The van der Waals surface area contributed by atoms with Crippen LogP contribution in [0.1, 0.15) is 21.8 Å². The third-order valence-electron chi connectivity index (χ3n) is 4.90. The van der Waals surface area contributed by atoms with E-state index in [1.165, 1.54) is 30.9 Å². The molecule has 5 rings (SSSR count). The number of halogens is 5. The van der Waals surface area contributed by atoms with Gasteiger partial charge in [-0.25, -0.2) is 24.0 Å². The van der Waals surface area contributed by atoms with E-state index in [9.17, 15) is 22.4 Å². The van der Waals surface area contributed by atoms with Gasteiger partial charge in [-0.2, -0.15) is 18.3 Å². The van der Waals surface area contributed by atoms with Gasteiger partial charge in [0.05, 0.1) is 34.9 Å². The molecule has 0 aliphatic carbocycles. The molecule has 0 saturated carbocycles. The first kappa shape index (κ1) is 22.5. The van der Waals surface area contributed by atoms with Gasteiger partial charge in [0.2, 0.25) is 5.89 Å². The average Bonchev–Trinajstić information content (AvgIpc) is 3.53. The molecule has 0 aliphatic heterocycles. The molecular weight excluding hydrogens is 494 g/mol. The van der Waals surface area contributed by atoms with Crippen molar-refractivity contribution in [1.29, 1.82) is 0 Å². The molecular formula is C21H12ClF4N7O2. The largest absolute Gasteiger partial charge is 0.440 e. The van der Waals surface area contributed by atoms with Crippen LogP contribution in [0.4, 0.5) is 23.2 Å². The number of oxazole rings is 1. The van der Waals surface area contributed by atoms with Crippen LogP contribution < -0.4 is 5.32 Å². The molecule has 14 heteroatoms. The highest BCUT2D eigenvalue weighted by atomic mass is 35.5. The van der Waals surface area contributed by atoms with Crippen LogP contribution in [-0.4, -0.2) is 35.0 Å². The van der Waals surface area contributed by atoms with Crippen LogP contribution in [0.3, 0.4) is 0 Å². The zero-order chi connectivity index (χ0) is 24.9. The lowest BCUT2D eigenvalue weighted by atomic mass is 10.2. The molecule has 0 radical (unpaired) electrons. The maximum atomic E-state index is 14.0. The summed E-state index contributed by atoms with van der Waals surface area (Å²) in [6.07, 6.45) is 0.964. The third-order valence-corrected chi connectivity index (χ3v) is 5.19. The van der Waals surface area contributed by atoms with E-state index >= 15 is 0 Å². The zero-order valence-corrected chi connectivity index (χ0v) is 18.3. The Morgan fingerprint density at radius 1 is 1.14 bits per heavy atom. The van der Waals surface area contributed by atoms with Crippen LogP contribution in [-0.2, 0) is 6.18 Å². The number of alkyl halides is 3. The Balaban J connectivity index is 1.51. The fourth-order valence-corrected chi connectivity index (χ4v) is 3.67. The quantitative estimate of drug-likeness (QED) is 0.347. The first-order valence-corrected chi connectivity index (χ1v) is 10.2. The number of fused-ring (bicyclic) bond motifs is 1. The van der Waals surface area contributed by atoms with Crippen LogP contribution >= 0.6 is 11.6 Å². The van der Waals surface area contributed by atoms with Crippen LogP contribution in [0.5, 0.6) is 0 Å². The van der Waals surface area contributed by atoms with Crippen molar-refractivity contribution >= 4 is 28.8 Å². The highest BCUT2D eigenvalue weighted by molar-refractivity contribution is 6.33. The van der Waals surface area contributed by atoms with Crippen molar-refractivity contribution in [2.75, 3.05) is 5.32 Å². The summed E-state index contributed by atoms with van der Waals surface area (Å²) in [6.45, 7) is 1.68. The Labute approximate surface area is 198 Å². The number of amides is 1. The van der Waals surface area contributed by atoms with Crippen molar-refractivity contribution in [2.24, 2.45) is 0 Å². The summed E-state index contributed by atoms with van der Waals surface area (Å²) < 4.78 is 63.1. The number of aryl methyl sites for hydroxylation is 1. The number of nitrogens with zero attached hydrogens (tertiary/aromatic N) is 6. The molecule has 0 aliphatic rings. The SMILES string of the molecule is Cc1cnc(-c2ncc(NC(=O)c3cnn(-c4ccc(F)c5nccn45)c3C(F)(F)F)cc2Cl)o1. The smallest absolute Gasteiger partial charge is 0.434 e. The molecule has 0 unspecified atom stereocenters. The van der Waals surface area contributed by atoms with E-state index < -0.39 is 29.2 Å². The minimum absolute atomic E-state index is 0.0340. The standard InChI is InChI=1S/C21H12ClF4N7O2/c1-10-7-29-20(35-10)16-13(22)6-11(8-28-16)31-19(34)12-9-30-33(17(12)21(24,25)26)15-3-2-14(23)18-27-4-5-32(15)18/h2-9H,1H3,(H,31,34). The van der Waals surface area contributed by atoms with E-state index in [1.54, 1.807) is 6.92 Å². The predicted molar refractivity (Wildman–Crippen MR) is 115 cm³/mol. The van der Waals surface area contributed by atoms with Gasteiger partial charge >= 0.3 is 6.18 Å². The highest BCUT2D eigenvalue weighted by Crippen LogP contribution is 2.35. The van der Waals surface area contributed by atoms with E-state index in [0.717, 1.165) is 22.7 Å². The van der Waals surface area contributed by atoms with E-state index in [0.29, 0.717) is 10.4 Å². The summed E-state index contributed by atoms with van der Waals surface area (Å²) in [5.41, 5.74) is -2.09. The molecule has 5 aromatic rings. The van der Waals surface area contributed by atoms with E-state index in [-0.39, 0.29) is 33.8 Å². The van der Waals surface area contributed by atoms with E-state index in [4.69, 9.17) is 16.0 Å². The number of imidazole rings is 1. The predicted octanol–water partition coefficient (Wildman–Crippen LogP) is 4.94. The lowest BCUT2D eigenvalue weighted by molar-refractivity contribution is -0.143. The third kappa shape index (κ3) is 3.99. The molecule has 0 bridgehead atoms. The molecule has 178 valence electrons. The number of hydrogen-bond acceptors (Lipinski definition) is 6. The Morgan fingerprint density at radius 2 is 1.94 bits per heavy atom. The molecule has 0 fully saturated rings. The lowest BCUT2D eigenvalue weighted by Gasteiger charge is -2.14. The second-order valence-electron chi connectivity index (χ2n) is 7.26. The number of hydrogen-bond donors (Lipinski definition) is 1. The molecule has 35 heavy (non-hydrogen) atoms. The van der Waals surface area contributed by atoms with Gasteiger partial charge in [-0.1, -0.05) is 11.6 Å². The first-order valence-electron chi connectivity index (χ1n) is 9.80. The Morgan fingerprint density at radius 3 is 2.63 bits per heavy atom. The van der Waals surface area contributed by atoms with E-state index in [1.807, 2.05) is 0 Å². The summed E-state index contributed by atoms with van der Waals surface area (Å²) in [5, 5.41) is 6.14. The van der Waals surface area contributed by atoms with Crippen molar-refractivity contribution in [1.82, 2.24) is 29.1 Å². The average molecular weight is 506 g/mol. The topological polar surface area (TPSA) is 103 Å². The Bertz CT molecular complexity index is 1590. The molecule has 0 aromatic carbocycles. The number of carbonyl (C=O) groups is 1. The summed E-state index contributed by atoms with van der Waals surface area (Å²) in [4.78, 5) is 24.7. The minimum atomic E-state index is -4.98. The number of carbonyl (C=O) groups excluding carboxylic acids is 1. The van der Waals surface area contributed by atoms with Gasteiger partial charge in [-0.05, 0) is 25.1 Å². The minimum Gasteiger partial charge on any atom is -0.440 e. The molecule has 5 aromatic heterocycles. The molecule has 9 nitrogen and oxygen atoms in total. The Hall–Kier alpha value is -4.26. The maximum absolute atomic E-state index is 14.0. The molecule has 0 spiro atoms. The van der Waals surface area contributed by atoms with Gasteiger partial charge in [0.25, 0.3) is 5.91 Å². The normalized spacial score (nSPS) is 11.8. The van der Waals surface area contributed by atoms with Gasteiger partial charge in [0, 0.05) is 12.4 Å². The second kappa shape index (κ2) is 8.20. The summed E-state index contributed by atoms with van der Waals surface area (Å²) in [6, 6.07) is 3.36. The van der Waals surface area contributed by atoms with Crippen molar-refractivity contribution < 1.29 is 26.8 Å². The molecule has 5 heterocycles. The van der Waals surface area contributed by atoms with Gasteiger partial charge in [-0.15, -0.1) is 0 Å². The van der Waals surface area contributed by atoms with Crippen molar-refractivity contribution in [3.8, 4) is 17.4 Å². The van der Waals surface area contributed by atoms with Gasteiger partial charge in [0.15, 0.2) is 17.2 Å².